The van der Waals surface area contributed by atoms with Gasteiger partial charge in [0.05, 0.1) is 12.0 Å². The fraction of sp³-hybridized carbons (Fsp3) is 0.923. The van der Waals surface area contributed by atoms with Crippen LogP contribution in [0.4, 0.5) is 0 Å². The lowest BCUT2D eigenvalue weighted by Gasteiger charge is -2.37. The van der Waals surface area contributed by atoms with Crippen LogP contribution in [0.2, 0.25) is 0 Å². The molecule has 2 rings (SSSR count). The largest absolute Gasteiger partial charge is 0.378 e. The van der Waals surface area contributed by atoms with Gasteiger partial charge in [0.15, 0.2) is 0 Å². The molecule has 5 heteroatoms. The van der Waals surface area contributed by atoms with Crippen LogP contribution in [0.1, 0.15) is 26.7 Å². The third-order valence-electron chi connectivity index (χ3n) is 3.55. The van der Waals surface area contributed by atoms with Crippen molar-refractivity contribution in [3.8, 4) is 0 Å². The van der Waals surface area contributed by atoms with Gasteiger partial charge in [0.2, 0.25) is 5.91 Å². The molecule has 0 atom stereocenters. The van der Waals surface area contributed by atoms with Gasteiger partial charge < -0.3 is 15.0 Å². The predicted molar refractivity (Wildman–Crippen MR) is 74.0 cm³/mol. The Morgan fingerprint density at radius 2 is 1.94 bits per heavy atom. The highest BCUT2D eigenvalue weighted by Gasteiger charge is 2.31. The van der Waals surface area contributed by atoms with E-state index in [1.807, 2.05) is 4.90 Å². The van der Waals surface area contributed by atoms with E-state index in [0.717, 1.165) is 45.6 Å². The first-order chi connectivity index (χ1) is 8.16. The van der Waals surface area contributed by atoms with Crippen LogP contribution in [0, 0.1) is 11.8 Å². The molecule has 2 saturated heterocycles. The van der Waals surface area contributed by atoms with Crippen LogP contribution in [0.3, 0.4) is 0 Å². The van der Waals surface area contributed by atoms with E-state index in [9.17, 15) is 4.79 Å². The van der Waals surface area contributed by atoms with Crippen LogP contribution in [-0.4, -0.2) is 49.7 Å². The number of hydrogen-bond acceptors (Lipinski definition) is 3. The molecule has 0 unspecified atom stereocenters. The molecule has 0 spiro atoms. The number of likely N-dealkylation sites (tertiary alicyclic amines) is 1. The average molecular weight is 277 g/mol. The van der Waals surface area contributed by atoms with Crippen LogP contribution >= 0.6 is 12.4 Å². The standard InChI is InChI=1S/C13H24N2O2.ClH/c1-10(2)9-17-12-3-5-15(6-4-12)13(16)11-7-14-8-11;/h10-12,14H,3-9H2,1-2H3;1H. The van der Waals surface area contributed by atoms with E-state index in [-0.39, 0.29) is 18.3 Å². The molecule has 2 heterocycles. The first kappa shape index (κ1) is 15.7. The van der Waals surface area contributed by atoms with Crippen molar-refractivity contribution in [2.24, 2.45) is 11.8 Å². The normalized spacial score (nSPS) is 21.6. The van der Waals surface area contributed by atoms with E-state index in [4.69, 9.17) is 4.74 Å². The number of halogens is 1. The number of ether oxygens (including phenoxy) is 1. The second kappa shape index (κ2) is 7.31. The van der Waals surface area contributed by atoms with E-state index in [1.54, 1.807) is 0 Å². The lowest BCUT2D eigenvalue weighted by Crippen LogP contribution is -2.54. The zero-order valence-electron chi connectivity index (χ0n) is 11.4. The maximum Gasteiger partial charge on any atom is 0.228 e. The fourth-order valence-corrected chi connectivity index (χ4v) is 2.29. The predicted octanol–water partition coefficient (Wildman–Crippen LogP) is 1.29. The van der Waals surface area contributed by atoms with E-state index in [1.165, 1.54) is 0 Å². The van der Waals surface area contributed by atoms with Gasteiger partial charge >= 0.3 is 0 Å². The van der Waals surface area contributed by atoms with Crippen LogP contribution in [-0.2, 0) is 9.53 Å². The van der Waals surface area contributed by atoms with Gasteiger partial charge in [0, 0.05) is 32.8 Å². The molecule has 4 nitrogen and oxygen atoms in total. The molecule has 0 radical (unpaired) electrons. The van der Waals surface area contributed by atoms with Crippen molar-refractivity contribution in [3.05, 3.63) is 0 Å². The Morgan fingerprint density at radius 3 is 2.39 bits per heavy atom. The van der Waals surface area contributed by atoms with Crippen molar-refractivity contribution in [2.45, 2.75) is 32.8 Å². The van der Waals surface area contributed by atoms with Crippen LogP contribution in [0.25, 0.3) is 0 Å². The summed E-state index contributed by atoms with van der Waals surface area (Å²) in [5, 5.41) is 3.15. The maximum absolute atomic E-state index is 12.0. The fourth-order valence-electron chi connectivity index (χ4n) is 2.29. The lowest BCUT2D eigenvalue weighted by atomic mass is 9.99. The van der Waals surface area contributed by atoms with Crippen molar-refractivity contribution >= 4 is 18.3 Å². The molecule has 106 valence electrons. The number of nitrogens with one attached hydrogen (secondary N) is 1. The Labute approximate surface area is 116 Å². The van der Waals surface area contributed by atoms with Crippen molar-refractivity contribution in [3.63, 3.8) is 0 Å². The van der Waals surface area contributed by atoms with Crippen LogP contribution < -0.4 is 5.32 Å². The first-order valence-corrected chi connectivity index (χ1v) is 6.78. The summed E-state index contributed by atoms with van der Waals surface area (Å²) in [5.74, 6) is 1.17. The van der Waals surface area contributed by atoms with Crippen LogP contribution in [0.5, 0.6) is 0 Å². The van der Waals surface area contributed by atoms with Gasteiger partial charge in [0.1, 0.15) is 0 Å². The Morgan fingerprint density at radius 1 is 1.33 bits per heavy atom. The summed E-state index contributed by atoms with van der Waals surface area (Å²) in [5.41, 5.74) is 0. The van der Waals surface area contributed by atoms with Crippen molar-refractivity contribution in [2.75, 3.05) is 32.8 Å². The number of nitrogens with zero attached hydrogens (tertiary/aromatic N) is 1. The molecule has 18 heavy (non-hydrogen) atoms. The molecule has 2 fully saturated rings. The molecule has 0 aliphatic carbocycles. The molecule has 0 aromatic carbocycles. The van der Waals surface area contributed by atoms with E-state index in [0.29, 0.717) is 17.9 Å². The Bertz CT molecular complexity index is 262. The van der Waals surface area contributed by atoms with E-state index >= 15 is 0 Å². The third kappa shape index (κ3) is 4.11. The molecule has 0 aromatic heterocycles. The van der Waals surface area contributed by atoms with E-state index in [2.05, 4.69) is 19.2 Å². The topological polar surface area (TPSA) is 41.6 Å². The van der Waals surface area contributed by atoms with Gasteiger partial charge in [-0.15, -0.1) is 12.4 Å². The molecular formula is C13H25ClN2O2. The van der Waals surface area contributed by atoms with Gasteiger partial charge in [-0.2, -0.15) is 0 Å². The molecule has 2 aliphatic rings. The SMILES string of the molecule is CC(C)COC1CCN(C(=O)C2CNC2)CC1.Cl. The van der Waals surface area contributed by atoms with Gasteiger partial charge in [-0.3, -0.25) is 4.79 Å². The van der Waals surface area contributed by atoms with Gasteiger partial charge in [-0.1, -0.05) is 13.8 Å². The van der Waals surface area contributed by atoms with Gasteiger partial charge in [-0.05, 0) is 18.8 Å². The van der Waals surface area contributed by atoms with Crippen molar-refractivity contribution in [1.29, 1.82) is 0 Å². The molecule has 1 N–H and O–H groups in total. The second-order valence-corrected chi connectivity index (χ2v) is 5.61. The Kier molecular flexibility index (Phi) is 6.39. The molecule has 0 saturated carbocycles. The molecule has 2 aliphatic heterocycles. The highest BCUT2D eigenvalue weighted by molar-refractivity contribution is 5.85. The molecule has 1 amide bonds. The summed E-state index contributed by atoms with van der Waals surface area (Å²) < 4.78 is 5.82. The quantitative estimate of drug-likeness (QED) is 0.841. The monoisotopic (exact) mass is 276 g/mol. The number of carbonyl (C=O) groups excluding carboxylic acids is 1. The first-order valence-electron chi connectivity index (χ1n) is 6.78. The summed E-state index contributed by atoms with van der Waals surface area (Å²) >= 11 is 0. The highest BCUT2D eigenvalue weighted by Crippen LogP contribution is 2.18. The van der Waals surface area contributed by atoms with Crippen molar-refractivity contribution in [1.82, 2.24) is 10.2 Å². The number of hydrogen-bond donors (Lipinski definition) is 1. The zero-order chi connectivity index (χ0) is 12.3. The average Bonchev–Trinajstić information content (AvgIpc) is 2.24. The zero-order valence-corrected chi connectivity index (χ0v) is 12.2. The number of rotatable bonds is 4. The smallest absolute Gasteiger partial charge is 0.228 e. The van der Waals surface area contributed by atoms with Crippen LogP contribution in [0.15, 0.2) is 0 Å². The number of piperidine rings is 1. The Hall–Kier alpha value is -0.320. The second-order valence-electron chi connectivity index (χ2n) is 5.61. The van der Waals surface area contributed by atoms with E-state index < -0.39 is 0 Å². The van der Waals surface area contributed by atoms with Gasteiger partial charge in [0.25, 0.3) is 0 Å². The Balaban J connectivity index is 0.00000162. The molecular weight excluding hydrogens is 252 g/mol. The minimum absolute atomic E-state index is 0. The summed E-state index contributed by atoms with van der Waals surface area (Å²) in [4.78, 5) is 14.0. The number of carbonyl (C=O) groups is 1. The minimum atomic E-state index is 0. The minimum Gasteiger partial charge on any atom is -0.378 e. The third-order valence-corrected chi connectivity index (χ3v) is 3.55. The molecule has 0 bridgehead atoms. The van der Waals surface area contributed by atoms with Gasteiger partial charge in [-0.25, -0.2) is 0 Å². The number of amides is 1. The maximum atomic E-state index is 12.0. The van der Waals surface area contributed by atoms with Crippen molar-refractivity contribution < 1.29 is 9.53 Å². The summed E-state index contributed by atoms with van der Waals surface area (Å²) in [6, 6.07) is 0. The summed E-state index contributed by atoms with van der Waals surface area (Å²) in [6.07, 6.45) is 2.36. The lowest BCUT2D eigenvalue weighted by molar-refractivity contribution is -0.139. The summed E-state index contributed by atoms with van der Waals surface area (Å²) in [7, 11) is 0. The summed E-state index contributed by atoms with van der Waals surface area (Å²) in [6.45, 7) is 8.65. The molecule has 0 aromatic rings. The highest BCUT2D eigenvalue weighted by atomic mass is 35.5.